The van der Waals surface area contributed by atoms with Crippen LogP contribution < -0.4 is 0 Å². The van der Waals surface area contributed by atoms with Gasteiger partial charge in [-0.15, -0.1) is 11.8 Å². The summed E-state index contributed by atoms with van der Waals surface area (Å²) in [5, 5.41) is 0.509. The van der Waals surface area contributed by atoms with Crippen molar-refractivity contribution in [3.63, 3.8) is 0 Å². The largest absolute Gasteiger partial charge is 0.379 e. The molecule has 0 radical (unpaired) electrons. The van der Waals surface area contributed by atoms with Gasteiger partial charge in [-0.2, -0.15) is 0 Å². The number of morpholine rings is 1. The third-order valence-electron chi connectivity index (χ3n) is 7.39. The Morgan fingerprint density at radius 1 is 1.05 bits per heavy atom. The van der Waals surface area contributed by atoms with Crippen LogP contribution in [0, 0.1) is 11.7 Å². The number of halogens is 2. The molecular weight excluding hydrogens is 505 g/mol. The second-order valence-electron chi connectivity index (χ2n) is 10.1. The molecule has 1 atom stereocenters. The van der Waals surface area contributed by atoms with Crippen molar-refractivity contribution in [3.05, 3.63) is 82.9 Å². The van der Waals surface area contributed by atoms with Crippen LogP contribution in [0.5, 0.6) is 0 Å². The van der Waals surface area contributed by atoms with E-state index in [0.29, 0.717) is 16.1 Å². The van der Waals surface area contributed by atoms with Gasteiger partial charge in [0.05, 0.1) is 29.3 Å². The zero-order valence-electron chi connectivity index (χ0n) is 20.8. The van der Waals surface area contributed by atoms with Gasteiger partial charge in [0.1, 0.15) is 11.6 Å². The minimum Gasteiger partial charge on any atom is -0.379 e. The van der Waals surface area contributed by atoms with Gasteiger partial charge in [-0.05, 0) is 67.6 Å². The molecule has 7 heteroatoms. The first-order valence-corrected chi connectivity index (χ1v) is 14.5. The van der Waals surface area contributed by atoms with E-state index in [1.165, 1.54) is 35.1 Å². The van der Waals surface area contributed by atoms with Gasteiger partial charge in [-0.3, -0.25) is 4.90 Å². The molecule has 37 heavy (non-hydrogen) atoms. The highest BCUT2D eigenvalue weighted by Gasteiger charge is 2.23. The van der Waals surface area contributed by atoms with Crippen LogP contribution >= 0.6 is 23.4 Å². The molecule has 6 rings (SSSR count). The second kappa shape index (κ2) is 11.2. The first kappa shape index (κ1) is 24.9. The van der Waals surface area contributed by atoms with Crippen molar-refractivity contribution >= 4 is 34.4 Å². The van der Waals surface area contributed by atoms with E-state index in [-0.39, 0.29) is 11.7 Å². The third-order valence-corrected chi connectivity index (χ3v) is 8.94. The number of hydrogen-bond donors (Lipinski definition) is 1. The Labute approximate surface area is 226 Å². The van der Waals surface area contributed by atoms with Crippen LogP contribution in [0.2, 0.25) is 5.02 Å². The minimum atomic E-state index is -0.289. The van der Waals surface area contributed by atoms with Crippen molar-refractivity contribution < 1.29 is 9.13 Å². The number of nitrogens with one attached hydrogen (secondary N) is 1. The number of hydrogen-bond acceptors (Lipinski definition) is 4. The molecule has 1 saturated heterocycles. The highest BCUT2D eigenvalue weighted by molar-refractivity contribution is 7.99. The third kappa shape index (κ3) is 5.88. The lowest BCUT2D eigenvalue weighted by molar-refractivity contribution is 0.0369. The smallest absolute Gasteiger partial charge is 0.131 e. The summed E-state index contributed by atoms with van der Waals surface area (Å²) >= 11 is 8.58. The van der Waals surface area contributed by atoms with Crippen molar-refractivity contribution in [3.8, 4) is 11.1 Å². The summed E-state index contributed by atoms with van der Waals surface area (Å²) in [5.41, 5.74) is 4.07. The minimum absolute atomic E-state index is 0.119. The van der Waals surface area contributed by atoms with E-state index in [9.17, 15) is 4.39 Å². The molecule has 192 valence electrons. The lowest BCUT2D eigenvalue weighted by atomic mass is 9.94. The molecule has 4 nitrogen and oxygen atoms in total. The van der Waals surface area contributed by atoms with E-state index < -0.39 is 0 Å². The number of aromatic amines is 1. The fourth-order valence-corrected chi connectivity index (χ4v) is 6.35. The van der Waals surface area contributed by atoms with E-state index in [0.717, 1.165) is 62.0 Å². The van der Waals surface area contributed by atoms with Crippen molar-refractivity contribution in [1.29, 1.82) is 0 Å². The SMILES string of the molecule is Fc1ccccc1-c1cc2nc(C(CCN3CCOCC3)c3ccc(SCC4CC4)cc3)[nH]c2cc1Cl. The van der Waals surface area contributed by atoms with Gasteiger partial charge in [0.2, 0.25) is 0 Å². The zero-order chi connectivity index (χ0) is 25.2. The lowest BCUT2D eigenvalue weighted by Gasteiger charge is -2.28. The van der Waals surface area contributed by atoms with Gasteiger partial charge in [0.25, 0.3) is 0 Å². The number of imidazole rings is 1. The summed E-state index contributed by atoms with van der Waals surface area (Å²) in [5.74, 6) is 2.87. The molecule has 2 aliphatic rings. The van der Waals surface area contributed by atoms with Crippen LogP contribution in [-0.2, 0) is 4.74 Å². The van der Waals surface area contributed by atoms with Gasteiger partial charge in [-0.1, -0.05) is 41.9 Å². The Morgan fingerprint density at radius 2 is 1.84 bits per heavy atom. The van der Waals surface area contributed by atoms with Crippen molar-refractivity contribution in [2.75, 3.05) is 38.6 Å². The van der Waals surface area contributed by atoms with Crippen LogP contribution in [0.25, 0.3) is 22.2 Å². The van der Waals surface area contributed by atoms with E-state index >= 15 is 0 Å². The molecule has 1 aliphatic carbocycles. The molecule has 0 amide bonds. The molecule has 1 saturated carbocycles. The van der Waals surface area contributed by atoms with E-state index in [1.54, 1.807) is 12.1 Å². The number of aromatic nitrogens is 2. The normalized spacial score (nSPS) is 17.4. The van der Waals surface area contributed by atoms with Crippen molar-refractivity contribution in [1.82, 2.24) is 14.9 Å². The zero-order valence-corrected chi connectivity index (χ0v) is 22.3. The summed E-state index contributed by atoms with van der Waals surface area (Å²) in [6.45, 7) is 4.49. The lowest BCUT2D eigenvalue weighted by Crippen LogP contribution is -2.37. The average molecular weight is 536 g/mol. The number of nitrogens with zero attached hydrogens (tertiary/aromatic N) is 2. The second-order valence-corrected chi connectivity index (χ2v) is 11.6. The summed E-state index contributed by atoms with van der Waals surface area (Å²) < 4.78 is 20.1. The summed E-state index contributed by atoms with van der Waals surface area (Å²) in [4.78, 5) is 12.3. The first-order valence-electron chi connectivity index (χ1n) is 13.1. The summed E-state index contributed by atoms with van der Waals surface area (Å²) in [6, 6.07) is 19.5. The van der Waals surface area contributed by atoms with Crippen LogP contribution in [0.1, 0.15) is 36.6 Å². The molecule has 1 aromatic heterocycles. The Bertz CT molecular complexity index is 1370. The van der Waals surface area contributed by atoms with Crippen LogP contribution in [0.3, 0.4) is 0 Å². The number of fused-ring (bicyclic) bond motifs is 1. The highest BCUT2D eigenvalue weighted by atomic mass is 35.5. The molecular formula is C30H31ClFN3OS. The monoisotopic (exact) mass is 535 g/mol. The van der Waals surface area contributed by atoms with Crippen molar-refractivity contribution in [2.45, 2.75) is 30.1 Å². The van der Waals surface area contributed by atoms with Gasteiger partial charge in [0.15, 0.2) is 0 Å². The quantitative estimate of drug-likeness (QED) is 0.227. The predicted octanol–water partition coefficient (Wildman–Crippen LogP) is 7.38. The van der Waals surface area contributed by atoms with Gasteiger partial charge < -0.3 is 9.72 Å². The molecule has 3 aromatic carbocycles. The van der Waals surface area contributed by atoms with E-state index in [4.69, 9.17) is 21.3 Å². The number of H-pyrrole nitrogens is 1. The van der Waals surface area contributed by atoms with Crippen LogP contribution in [-0.4, -0.2) is 53.5 Å². The molecule has 1 N–H and O–H groups in total. The average Bonchev–Trinajstić information content (AvgIpc) is 3.67. The highest BCUT2D eigenvalue weighted by Crippen LogP contribution is 2.37. The molecule has 2 heterocycles. The Morgan fingerprint density at radius 3 is 2.59 bits per heavy atom. The Kier molecular flexibility index (Phi) is 7.52. The Balaban J connectivity index is 1.30. The molecule has 0 spiro atoms. The number of rotatable bonds is 9. The topological polar surface area (TPSA) is 41.2 Å². The molecule has 1 unspecified atom stereocenters. The first-order chi connectivity index (χ1) is 18.1. The molecule has 4 aromatic rings. The standard InChI is InChI=1S/C30H31ClFN3OS/c31-26-18-29-28(17-25(26)24-3-1-2-4-27(24)32)33-30(34-29)23(11-12-35-13-15-36-16-14-35)21-7-9-22(10-8-21)37-19-20-5-6-20/h1-4,7-10,17-18,20,23H,5-6,11-16,19H2,(H,33,34). The molecule has 0 bridgehead atoms. The van der Waals surface area contributed by atoms with Crippen LogP contribution in [0.4, 0.5) is 4.39 Å². The molecule has 1 aliphatic heterocycles. The van der Waals surface area contributed by atoms with E-state index in [2.05, 4.69) is 34.1 Å². The maximum Gasteiger partial charge on any atom is 0.131 e. The summed E-state index contributed by atoms with van der Waals surface area (Å²) in [6.07, 6.45) is 3.70. The maximum atomic E-state index is 14.5. The van der Waals surface area contributed by atoms with E-state index in [1.807, 2.05) is 30.0 Å². The van der Waals surface area contributed by atoms with Gasteiger partial charge >= 0.3 is 0 Å². The molecule has 2 fully saturated rings. The number of thioether (sulfide) groups is 1. The van der Waals surface area contributed by atoms with Gasteiger partial charge in [-0.25, -0.2) is 9.37 Å². The Hall–Kier alpha value is -2.38. The fourth-order valence-electron chi connectivity index (χ4n) is 4.99. The summed E-state index contributed by atoms with van der Waals surface area (Å²) in [7, 11) is 0. The fraction of sp³-hybridized carbons (Fsp3) is 0.367. The van der Waals surface area contributed by atoms with Gasteiger partial charge in [0, 0.05) is 40.8 Å². The maximum absolute atomic E-state index is 14.5. The number of benzene rings is 3. The number of ether oxygens (including phenoxy) is 1. The van der Waals surface area contributed by atoms with Crippen molar-refractivity contribution in [2.24, 2.45) is 5.92 Å². The van der Waals surface area contributed by atoms with Crippen LogP contribution in [0.15, 0.2) is 65.6 Å². The predicted molar refractivity (Wildman–Crippen MR) is 150 cm³/mol.